The fourth-order valence-corrected chi connectivity index (χ4v) is 3.36. The Morgan fingerprint density at radius 2 is 1.84 bits per heavy atom. The molecular weight excluding hydrogens is 260 g/mol. The van der Waals surface area contributed by atoms with Gasteiger partial charge in [-0.2, -0.15) is 0 Å². The molecule has 0 radical (unpaired) electrons. The maximum atomic E-state index is 12.2. The highest BCUT2D eigenvalue weighted by molar-refractivity contribution is 7.89. The van der Waals surface area contributed by atoms with E-state index in [-0.39, 0.29) is 17.0 Å². The molecule has 0 heterocycles. The van der Waals surface area contributed by atoms with Crippen molar-refractivity contribution in [2.75, 3.05) is 0 Å². The lowest BCUT2D eigenvalue weighted by atomic mass is 10.1. The van der Waals surface area contributed by atoms with Gasteiger partial charge in [0, 0.05) is 12.1 Å². The fraction of sp³-hybridized carbons (Fsp3) is 0.571. The van der Waals surface area contributed by atoms with Crippen molar-refractivity contribution in [3.63, 3.8) is 0 Å². The highest BCUT2D eigenvalue weighted by Gasteiger charge is 2.18. The van der Waals surface area contributed by atoms with E-state index in [2.05, 4.69) is 18.6 Å². The molecule has 3 N–H and O–H groups in total. The second-order valence-corrected chi connectivity index (χ2v) is 7.23. The summed E-state index contributed by atoms with van der Waals surface area (Å²) in [4.78, 5) is 0.276. The molecule has 0 aromatic heterocycles. The van der Waals surface area contributed by atoms with Gasteiger partial charge in [0.2, 0.25) is 10.0 Å². The molecule has 19 heavy (non-hydrogen) atoms. The molecule has 0 aliphatic carbocycles. The predicted molar refractivity (Wildman–Crippen MR) is 78.3 cm³/mol. The summed E-state index contributed by atoms with van der Waals surface area (Å²) >= 11 is 0. The lowest BCUT2D eigenvalue weighted by molar-refractivity contribution is 0.482. The largest absolute Gasteiger partial charge is 0.324 e. The normalized spacial score (nSPS) is 15.5. The molecule has 2 unspecified atom stereocenters. The quantitative estimate of drug-likeness (QED) is 0.842. The molecule has 0 spiro atoms. The Morgan fingerprint density at radius 3 is 2.37 bits per heavy atom. The highest BCUT2D eigenvalue weighted by Crippen LogP contribution is 2.17. The average Bonchev–Trinajstić information content (AvgIpc) is 2.27. The van der Waals surface area contributed by atoms with Crippen LogP contribution in [0, 0.1) is 5.92 Å². The third kappa shape index (κ3) is 4.93. The second kappa shape index (κ2) is 6.50. The van der Waals surface area contributed by atoms with Crippen LogP contribution < -0.4 is 10.5 Å². The molecular formula is C14H24N2O2S. The molecule has 1 rings (SSSR count). The second-order valence-electron chi connectivity index (χ2n) is 5.51. The summed E-state index contributed by atoms with van der Waals surface area (Å²) in [6.45, 7) is 7.86. The van der Waals surface area contributed by atoms with Crippen molar-refractivity contribution < 1.29 is 8.42 Å². The summed E-state index contributed by atoms with van der Waals surface area (Å²) in [5.74, 6) is 0.452. The van der Waals surface area contributed by atoms with Gasteiger partial charge in [-0.1, -0.05) is 26.0 Å². The van der Waals surface area contributed by atoms with Gasteiger partial charge in [0.15, 0.2) is 0 Å². The van der Waals surface area contributed by atoms with Crippen LogP contribution in [0.3, 0.4) is 0 Å². The molecule has 0 fully saturated rings. The summed E-state index contributed by atoms with van der Waals surface area (Å²) in [6.07, 6.45) is 0.812. The van der Waals surface area contributed by atoms with Crippen LogP contribution in [0.25, 0.3) is 0 Å². The first-order valence-electron chi connectivity index (χ1n) is 6.60. The first-order chi connectivity index (χ1) is 8.72. The predicted octanol–water partition coefficient (Wildman–Crippen LogP) is 2.42. The summed E-state index contributed by atoms with van der Waals surface area (Å²) in [5.41, 5.74) is 6.60. The average molecular weight is 284 g/mol. The standard InChI is InChI=1S/C14H24N2O2S/c1-10(2)8-11(3)16-19(17,18)14-7-5-6-13(9-14)12(4)15/h5-7,9-12,16H,8,15H2,1-4H3. The molecule has 0 bridgehead atoms. The zero-order valence-corrected chi connectivity index (χ0v) is 12.9. The maximum absolute atomic E-state index is 12.2. The van der Waals surface area contributed by atoms with E-state index < -0.39 is 10.0 Å². The molecule has 1 aromatic carbocycles. The number of rotatable bonds is 6. The number of benzene rings is 1. The van der Waals surface area contributed by atoms with E-state index in [1.54, 1.807) is 18.2 Å². The van der Waals surface area contributed by atoms with Gasteiger partial charge in [-0.25, -0.2) is 13.1 Å². The Morgan fingerprint density at radius 1 is 1.21 bits per heavy atom. The zero-order valence-electron chi connectivity index (χ0n) is 12.1. The Bertz CT molecular complexity index is 510. The van der Waals surface area contributed by atoms with Gasteiger partial charge in [0.1, 0.15) is 0 Å². The van der Waals surface area contributed by atoms with Crippen molar-refractivity contribution in [1.82, 2.24) is 4.72 Å². The first kappa shape index (κ1) is 16.1. The van der Waals surface area contributed by atoms with E-state index in [0.717, 1.165) is 12.0 Å². The van der Waals surface area contributed by atoms with Gasteiger partial charge < -0.3 is 5.73 Å². The van der Waals surface area contributed by atoms with Crippen molar-refractivity contribution in [2.45, 2.75) is 51.1 Å². The molecule has 1 aromatic rings. The lowest BCUT2D eigenvalue weighted by Crippen LogP contribution is -2.33. The molecule has 0 amide bonds. The molecule has 0 aliphatic rings. The van der Waals surface area contributed by atoms with Crippen molar-refractivity contribution in [1.29, 1.82) is 0 Å². The Labute approximate surface area is 116 Å². The van der Waals surface area contributed by atoms with Gasteiger partial charge in [-0.15, -0.1) is 0 Å². The first-order valence-corrected chi connectivity index (χ1v) is 8.08. The van der Waals surface area contributed by atoms with E-state index in [1.807, 2.05) is 19.9 Å². The van der Waals surface area contributed by atoms with Crippen LogP contribution in [0.5, 0.6) is 0 Å². The smallest absolute Gasteiger partial charge is 0.240 e. The van der Waals surface area contributed by atoms with Crippen LogP contribution in [-0.2, 0) is 10.0 Å². The molecule has 0 aliphatic heterocycles. The lowest BCUT2D eigenvalue weighted by Gasteiger charge is -2.16. The molecule has 5 heteroatoms. The van der Waals surface area contributed by atoms with Gasteiger partial charge in [-0.05, 0) is 43.9 Å². The minimum absolute atomic E-state index is 0.0797. The topological polar surface area (TPSA) is 72.2 Å². The Balaban J connectivity index is 2.91. The van der Waals surface area contributed by atoms with Crippen LogP contribution in [0.15, 0.2) is 29.2 Å². The summed E-state index contributed by atoms with van der Waals surface area (Å²) in [5, 5.41) is 0. The van der Waals surface area contributed by atoms with E-state index in [1.165, 1.54) is 0 Å². The van der Waals surface area contributed by atoms with Gasteiger partial charge in [0.05, 0.1) is 4.90 Å². The SMILES string of the molecule is CC(C)CC(C)NS(=O)(=O)c1cccc(C(C)N)c1. The van der Waals surface area contributed by atoms with Crippen LogP contribution in [-0.4, -0.2) is 14.5 Å². The maximum Gasteiger partial charge on any atom is 0.240 e. The Hall–Kier alpha value is -0.910. The molecule has 108 valence electrons. The number of nitrogens with two attached hydrogens (primary N) is 1. The minimum Gasteiger partial charge on any atom is -0.324 e. The Kier molecular flexibility index (Phi) is 5.52. The summed E-state index contributed by atoms with van der Waals surface area (Å²) in [7, 11) is -3.47. The number of hydrogen-bond donors (Lipinski definition) is 2. The molecule has 0 saturated carbocycles. The van der Waals surface area contributed by atoms with Crippen LogP contribution in [0.2, 0.25) is 0 Å². The van der Waals surface area contributed by atoms with Crippen molar-refractivity contribution in [3.05, 3.63) is 29.8 Å². The van der Waals surface area contributed by atoms with E-state index >= 15 is 0 Å². The van der Waals surface area contributed by atoms with Crippen LogP contribution in [0.4, 0.5) is 0 Å². The number of hydrogen-bond acceptors (Lipinski definition) is 3. The third-order valence-corrected chi connectivity index (χ3v) is 4.46. The monoisotopic (exact) mass is 284 g/mol. The summed E-state index contributed by atoms with van der Waals surface area (Å²) < 4.78 is 27.2. The van der Waals surface area contributed by atoms with Crippen LogP contribution >= 0.6 is 0 Å². The zero-order chi connectivity index (χ0) is 14.6. The molecule has 2 atom stereocenters. The fourth-order valence-electron chi connectivity index (χ4n) is 2.05. The number of sulfonamides is 1. The van der Waals surface area contributed by atoms with Crippen molar-refractivity contribution in [3.8, 4) is 0 Å². The van der Waals surface area contributed by atoms with Crippen molar-refractivity contribution >= 4 is 10.0 Å². The van der Waals surface area contributed by atoms with E-state index in [0.29, 0.717) is 5.92 Å². The van der Waals surface area contributed by atoms with E-state index in [4.69, 9.17) is 5.73 Å². The molecule has 4 nitrogen and oxygen atoms in total. The van der Waals surface area contributed by atoms with Gasteiger partial charge in [0.25, 0.3) is 0 Å². The summed E-state index contributed by atoms with van der Waals surface area (Å²) in [6, 6.07) is 6.53. The van der Waals surface area contributed by atoms with Crippen LogP contribution in [0.1, 0.15) is 45.7 Å². The van der Waals surface area contributed by atoms with Gasteiger partial charge >= 0.3 is 0 Å². The number of nitrogens with one attached hydrogen (secondary N) is 1. The third-order valence-electron chi connectivity index (χ3n) is 2.88. The van der Waals surface area contributed by atoms with E-state index in [9.17, 15) is 8.42 Å². The molecule has 0 saturated heterocycles. The van der Waals surface area contributed by atoms with Crippen molar-refractivity contribution in [2.24, 2.45) is 11.7 Å². The minimum atomic E-state index is -3.47. The van der Waals surface area contributed by atoms with Gasteiger partial charge in [-0.3, -0.25) is 0 Å². The highest BCUT2D eigenvalue weighted by atomic mass is 32.2.